The van der Waals surface area contributed by atoms with Crippen LogP contribution in [0.15, 0.2) is 12.1 Å². The number of anilines is 1. The predicted molar refractivity (Wildman–Crippen MR) is 70.9 cm³/mol. The van der Waals surface area contributed by atoms with Crippen LogP contribution in [0.25, 0.3) is 0 Å². The number of ether oxygens (including phenoxy) is 3. The van der Waals surface area contributed by atoms with Crippen molar-refractivity contribution in [2.45, 2.75) is 6.92 Å². The summed E-state index contributed by atoms with van der Waals surface area (Å²) in [5, 5.41) is 0. The number of nitrogens with two attached hydrogens (primary N) is 1. The largest absolute Gasteiger partial charge is 0.493 e. The summed E-state index contributed by atoms with van der Waals surface area (Å²) >= 11 is 0. The van der Waals surface area contributed by atoms with Crippen LogP contribution in [0.3, 0.4) is 0 Å². The van der Waals surface area contributed by atoms with Crippen molar-refractivity contribution in [1.29, 1.82) is 0 Å². The van der Waals surface area contributed by atoms with E-state index in [0.717, 1.165) is 0 Å². The molecule has 0 unspecified atom stereocenters. The number of esters is 1. The predicted octanol–water partition coefficient (Wildman–Crippen LogP) is 0.904. The molecule has 0 spiro atoms. The molecule has 6 nitrogen and oxygen atoms in total. The van der Waals surface area contributed by atoms with Crippen LogP contribution < -0.4 is 20.7 Å². The lowest BCUT2D eigenvalue weighted by Gasteiger charge is -2.11. The quantitative estimate of drug-likeness (QED) is 0.364. The van der Waals surface area contributed by atoms with Crippen molar-refractivity contribution in [1.82, 2.24) is 0 Å². The summed E-state index contributed by atoms with van der Waals surface area (Å²) in [6, 6.07) is 3.26. The number of nitrogens with one attached hydrogen (secondary N) is 1. The molecule has 0 amide bonds. The van der Waals surface area contributed by atoms with Gasteiger partial charge in [-0.15, -0.1) is 0 Å². The highest BCUT2D eigenvalue weighted by molar-refractivity contribution is 5.89. The van der Waals surface area contributed by atoms with E-state index in [4.69, 9.17) is 20.1 Å². The Bertz CT molecular complexity index is 517. The average Bonchev–Trinajstić information content (AvgIpc) is 2.44. The molecule has 0 heterocycles. The van der Waals surface area contributed by atoms with E-state index in [-0.39, 0.29) is 6.61 Å². The van der Waals surface area contributed by atoms with Gasteiger partial charge in [0.1, 0.15) is 0 Å². The zero-order chi connectivity index (χ0) is 14.3. The minimum atomic E-state index is -0.597. The summed E-state index contributed by atoms with van der Waals surface area (Å²) in [6.45, 7) is 1.99. The summed E-state index contributed by atoms with van der Waals surface area (Å²) in [4.78, 5) is 11.2. The molecule has 1 aromatic carbocycles. The van der Waals surface area contributed by atoms with E-state index in [1.165, 1.54) is 14.2 Å². The van der Waals surface area contributed by atoms with Gasteiger partial charge in [0.15, 0.2) is 11.5 Å². The van der Waals surface area contributed by atoms with E-state index in [1.54, 1.807) is 19.1 Å². The Labute approximate surface area is 111 Å². The lowest BCUT2D eigenvalue weighted by atomic mass is 10.1. The van der Waals surface area contributed by atoms with E-state index >= 15 is 0 Å². The molecule has 1 aromatic rings. The third kappa shape index (κ3) is 3.79. The Morgan fingerprint density at radius 1 is 1.32 bits per heavy atom. The van der Waals surface area contributed by atoms with Crippen molar-refractivity contribution >= 4 is 11.7 Å². The standard InChI is InChI=1S/C13H16N2O4/c1-4-19-13(16)6-5-9-7-11(17-2)12(18-3)8-10(9)15-14/h7-8,15H,4,14H2,1-3H3. The van der Waals surface area contributed by atoms with Crippen LogP contribution in [0.4, 0.5) is 5.69 Å². The van der Waals surface area contributed by atoms with Crippen LogP contribution in [-0.2, 0) is 9.53 Å². The van der Waals surface area contributed by atoms with E-state index < -0.39 is 5.97 Å². The molecule has 0 saturated heterocycles. The number of hydrogen-bond acceptors (Lipinski definition) is 6. The second-order valence-electron chi connectivity index (χ2n) is 3.37. The number of methoxy groups -OCH3 is 2. The minimum absolute atomic E-state index is 0.279. The molecule has 3 N–H and O–H groups in total. The molecule has 0 aromatic heterocycles. The van der Waals surface area contributed by atoms with Gasteiger partial charge in [-0.3, -0.25) is 5.84 Å². The third-order valence-corrected chi connectivity index (χ3v) is 2.25. The molecule has 0 aliphatic heterocycles. The van der Waals surface area contributed by atoms with Crippen molar-refractivity contribution in [2.24, 2.45) is 5.84 Å². The van der Waals surface area contributed by atoms with E-state index in [2.05, 4.69) is 17.3 Å². The first-order valence-electron chi connectivity index (χ1n) is 5.57. The molecular weight excluding hydrogens is 248 g/mol. The number of hydrogen-bond donors (Lipinski definition) is 2. The molecule has 19 heavy (non-hydrogen) atoms. The zero-order valence-corrected chi connectivity index (χ0v) is 11.1. The van der Waals surface area contributed by atoms with Gasteiger partial charge in [-0.05, 0) is 6.92 Å². The van der Waals surface area contributed by atoms with Gasteiger partial charge >= 0.3 is 5.97 Å². The van der Waals surface area contributed by atoms with Gasteiger partial charge in [0.2, 0.25) is 0 Å². The lowest BCUT2D eigenvalue weighted by Crippen LogP contribution is -2.09. The molecule has 0 fully saturated rings. The maximum Gasteiger partial charge on any atom is 0.384 e. The fraction of sp³-hybridized carbons (Fsp3) is 0.308. The van der Waals surface area contributed by atoms with Gasteiger partial charge in [0, 0.05) is 18.1 Å². The molecule has 102 valence electrons. The number of rotatable bonds is 4. The van der Waals surface area contributed by atoms with Gasteiger partial charge in [-0.25, -0.2) is 4.79 Å². The molecule has 0 atom stereocenters. The first kappa shape index (κ1) is 14.7. The second kappa shape index (κ2) is 7.13. The van der Waals surface area contributed by atoms with Crippen LogP contribution in [0.1, 0.15) is 12.5 Å². The molecular formula is C13H16N2O4. The fourth-order valence-corrected chi connectivity index (χ4v) is 1.39. The second-order valence-corrected chi connectivity index (χ2v) is 3.37. The SMILES string of the molecule is CCOC(=O)C#Cc1cc(OC)c(OC)cc1NN. The van der Waals surface area contributed by atoms with E-state index in [1.807, 2.05) is 0 Å². The van der Waals surface area contributed by atoms with Gasteiger partial charge in [-0.2, -0.15) is 0 Å². The van der Waals surface area contributed by atoms with E-state index in [9.17, 15) is 4.79 Å². The molecule has 6 heteroatoms. The van der Waals surface area contributed by atoms with Gasteiger partial charge in [-0.1, -0.05) is 5.92 Å². The Morgan fingerprint density at radius 3 is 2.47 bits per heavy atom. The van der Waals surface area contributed by atoms with E-state index in [0.29, 0.717) is 22.7 Å². The molecule has 0 saturated carbocycles. The van der Waals surface area contributed by atoms with Crippen LogP contribution in [-0.4, -0.2) is 26.8 Å². The number of carbonyl (C=O) groups is 1. The molecule has 0 radical (unpaired) electrons. The maximum absolute atomic E-state index is 11.2. The van der Waals surface area contributed by atoms with Crippen LogP contribution in [0.2, 0.25) is 0 Å². The van der Waals surface area contributed by atoms with Gasteiger partial charge in [0.05, 0.1) is 32.1 Å². The van der Waals surface area contributed by atoms with Gasteiger partial charge in [0.25, 0.3) is 0 Å². The monoisotopic (exact) mass is 264 g/mol. The van der Waals surface area contributed by atoms with Gasteiger partial charge < -0.3 is 19.6 Å². The first-order chi connectivity index (χ1) is 9.15. The summed E-state index contributed by atoms with van der Waals surface area (Å²) < 4.78 is 15.0. The summed E-state index contributed by atoms with van der Waals surface area (Å²) in [6.07, 6.45) is 0. The van der Waals surface area contributed by atoms with Crippen molar-refractivity contribution in [3.05, 3.63) is 17.7 Å². The summed E-state index contributed by atoms with van der Waals surface area (Å²) in [7, 11) is 3.03. The summed E-state index contributed by atoms with van der Waals surface area (Å²) in [5.74, 6) is 10.8. The van der Waals surface area contributed by atoms with Crippen LogP contribution >= 0.6 is 0 Å². The summed E-state index contributed by atoms with van der Waals surface area (Å²) in [5.41, 5.74) is 3.52. The topological polar surface area (TPSA) is 82.8 Å². The highest BCUT2D eigenvalue weighted by Crippen LogP contribution is 2.32. The lowest BCUT2D eigenvalue weighted by molar-refractivity contribution is -0.136. The molecule has 0 bridgehead atoms. The number of carbonyl (C=O) groups excluding carboxylic acids is 1. The maximum atomic E-state index is 11.2. The average molecular weight is 264 g/mol. The van der Waals surface area contributed by atoms with Crippen molar-refractivity contribution in [2.75, 3.05) is 26.3 Å². The molecule has 1 rings (SSSR count). The first-order valence-corrected chi connectivity index (χ1v) is 5.57. The third-order valence-electron chi connectivity index (χ3n) is 2.25. The molecule has 0 aliphatic carbocycles. The van der Waals surface area contributed by atoms with Crippen LogP contribution in [0, 0.1) is 11.8 Å². The number of nitrogen functional groups attached to an aromatic ring is 1. The van der Waals surface area contributed by atoms with Crippen molar-refractivity contribution in [3.8, 4) is 23.3 Å². The normalized spacial score (nSPS) is 9.05. The van der Waals surface area contributed by atoms with Crippen molar-refractivity contribution in [3.63, 3.8) is 0 Å². The fourth-order valence-electron chi connectivity index (χ4n) is 1.39. The Kier molecular flexibility index (Phi) is 5.51. The highest BCUT2D eigenvalue weighted by atomic mass is 16.5. The van der Waals surface area contributed by atoms with Crippen molar-refractivity contribution < 1.29 is 19.0 Å². The Hall–Kier alpha value is -2.39. The van der Waals surface area contributed by atoms with Crippen LogP contribution in [0.5, 0.6) is 11.5 Å². The smallest absolute Gasteiger partial charge is 0.384 e. The molecule has 0 aliphatic rings. The Morgan fingerprint density at radius 2 is 1.95 bits per heavy atom. The minimum Gasteiger partial charge on any atom is -0.493 e. The highest BCUT2D eigenvalue weighted by Gasteiger charge is 2.09. The number of benzene rings is 1. The Balaban J connectivity index is 3.15. The zero-order valence-electron chi connectivity index (χ0n) is 11.1. The number of hydrazine groups is 1.